The Morgan fingerprint density at radius 3 is 2.49 bits per heavy atom. The molecule has 0 aliphatic carbocycles. The lowest BCUT2D eigenvalue weighted by Crippen LogP contribution is -2.49. The van der Waals surface area contributed by atoms with Crippen molar-refractivity contribution in [2.75, 3.05) is 25.2 Å². The summed E-state index contributed by atoms with van der Waals surface area (Å²) in [4.78, 5) is 53.8. The first-order chi connectivity index (χ1) is 17.8. The number of esters is 2. The third kappa shape index (κ3) is 5.35. The van der Waals surface area contributed by atoms with Crippen molar-refractivity contribution in [1.82, 2.24) is 4.90 Å². The molecule has 1 fully saturated rings. The van der Waals surface area contributed by atoms with Crippen molar-refractivity contribution in [3.63, 3.8) is 0 Å². The van der Waals surface area contributed by atoms with Crippen LogP contribution in [0.3, 0.4) is 0 Å². The van der Waals surface area contributed by atoms with Crippen LogP contribution in [0.5, 0.6) is 0 Å². The van der Waals surface area contributed by atoms with Crippen LogP contribution in [0.25, 0.3) is 0 Å². The van der Waals surface area contributed by atoms with Crippen LogP contribution in [0.1, 0.15) is 47.8 Å². The summed E-state index contributed by atoms with van der Waals surface area (Å²) < 4.78 is 15.6. The van der Waals surface area contributed by atoms with Gasteiger partial charge < -0.3 is 24.0 Å². The van der Waals surface area contributed by atoms with Gasteiger partial charge in [0.2, 0.25) is 5.91 Å². The maximum absolute atomic E-state index is 13.3. The van der Waals surface area contributed by atoms with Crippen LogP contribution in [-0.2, 0) is 30.4 Å². The molecule has 2 aromatic carbocycles. The summed E-state index contributed by atoms with van der Waals surface area (Å²) >= 11 is 0. The summed E-state index contributed by atoms with van der Waals surface area (Å²) in [7, 11) is 1.30. The molecule has 9 heteroatoms. The summed E-state index contributed by atoms with van der Waals surface area (Å²) in [5.41, 5.74) is 2.39. The minimum absolute atomic E-state index is 0.119. The molecule has 0 radical (unpaired) electrons. The lowest BCUT2D eigenvalue weighted by molar-refractivity contribution is -0.137. The average Bonchev–Trinajstić information content (AvgIpc) is 3.35. The minimum atomic E-state index is -0.519. The Morgan fingerprint density at radius 1 is 1.05 bits per heavy atom. The summed E-state index contributed by atoms with van der Waals surface area (Å²) in [5, 5.41) is 0. The molecular weight excluding hydrogens is 476 g/mol. The Balaban J connectivity index is 1.73. The van der Waals surface area contributed by atoms with E-state index in [1.165, 1.54) is 20.1 Å². The highest BCUT2D eigenvalue weighted by atomic mass is 16.6. The molecular formula is C28H30N2O7. The summed E-state index contributed by atoms with van der Waals surface area (Å²) in [5.74, 6) is -1.49. The van der Waals surface area contributed by atoms with Crippen LogP contribution in [-0.4, -0.2) is 55.1 Å². The van der Waals surface area contributed by atoms with Gasteiger partial charge in [0.25, 0.3) is 0 Å². The number of benzene rings is 2. The van der Waals surface area contributed by atoms with Gasteiger partial charge in [0, 0.05) is 31.1 Å². The number of carbonyl (C=O) groups excluding carboxylic acids is 4. The zero-order valence-electron chi connectivity index (χ0n) is 21.1. The molecule has 1 saturated heterocycles. The number of ether oxygens (including phenoxy) is 3. The molecule has 0 unspecified atom stereocenters. The maximum Gasteiger partial charge on any atom is 0.410 e. The first kappa shape index (κ1) is 25.9. The average molecular weight is 507 g/mol. The number of methoxy groups -OCH3 is 1. The van der Waals surface area contributed by atoms with Gasteiger partial charge in [-0.25, -0.2) is 14.4 Å². The Morgan fingerprint density at radius 2 is 1.81 bits per heavy atom. The highest BCUT2D eigenvalue weighted by Gasteiger charge is 2.49. The normalized spacial score (nSPS) is 20.2. The van der Waals surface area contributed by atoms with Crippen LogP contribution in [0.15, 0.2) is 60.7 Å². The second-order valence-corrected chi connectivity index (χ2v) is 8.89. The van der Waals surface area contributed by atoms with E-state index in [0.29, 0.717) is 29.8 Å². The summed E-state index contributed by atoms with van der Waals surface area (Å²) in [6.07, 6.45) is 3.06. The number of rotatable bonds is 6. The van der Waals surface area contributed by atoms with Crippen LogP contribution >= 0.6 is 0 Å². The molecule has 2 aliphatic heterocycles. The van der Waals surface area contributed by atoms with Crippen molar-refractivity contribution in [2.24, 2.45) is 5.92 Å². The van der Waals surface area contributed by atoms with Crippen LogP contribution in [0, 0.1) is 5.92 Å². The largest absolute Gasteiger partial charge is 0.465 e. The second-order valence-electron chi connectivity index (χ2n) is 8.89. The van der Waals surface area contributed by atoms with E-state index in [4.69, 9.17) is 14.2 Å². The fourth-order valence-electron chi connectivity index (χ4n) is 5.16. The Labute approximate surface area is 215 Å². The van der Waals surface area contributed by atoms with Crippen LogP contribution in [0.2, 0.25) is 0 Å². The topological polar surface area (TPSA) is 102 Å². The molecule has 2 heterocycles. The molecule has 194 valence electrons. The SMILES string of the molecule is CCOC(=O)/C=C/[C@@H]1[C@@H]2CCN(C(=O)OCc3ccccc3)[C@@H]2c2cc(C(=O)OC)ccc2N1C(C)=O. The Kier molecular flexibility index (Phi) is 7.91. The lowest BCUT2D eigenvalue weighted by atomic mass is 9.80. The zero-order chi connectivity index (χ0) is 26.5. The molecule has 0 N–H and O–H groups in total. The van der Waals surface area contributed by atoms with Gasteiger partial charge in [0.05, 0.1) is 31.4 Å². The van der Waals surface area contributed by atoms with Crippen LogP contribution in [0.4, 0.5) is 10.5 Å². The number of hydrogen-bond donors (Lipinski definition) is 0. The number of carbonyl (C=O) groups is 4. The zero-order valence-corrected chi connectivity index (χ0v) is 21.1. The van der Waals surface area contributed by atoms with Crippen LogP contribution < -0.4 is 4.90 Å². The quantitative estimate of drug-likeness (QED) is 0.331. The van der Waals surface area contributed by atoms with E-state index in [1.54, 1.807) is 41.0 Å². The van der Waals surface area contributed by atoms with E-state index in [0.717, 1.165) is 5.56 Å². The number of hydrogen-bond acceptors (Lipinski definition) is 7. The molecule has 0 aromatic heterocycles. The van der Waals surface area contributed by atoms with E-state index in [-0.39, 0.29) is 25.0 Å². The van der Waals surface area contributed by atoms with Crippen molar-refractivity contribution < 1.29 is 33.4 Å². The molecule has 0 spiro atoms. The molecule has 2 aliphatic rings. The van der Waals surface area contributed by atoms with Gasteiger partial charge in [-0.15, -0.1) is 0 Å². The standard InChI is InChI=1S/C28H30N2O7/c1-4-36-25(32)13-12-23-21-14-15-29(28(34)37-17-19-8-6-5-7-9-19)26(21)22-16-20(27(33)35-3)10-11-24(22)30(23)18(2)31/h5-13,16,21,23,26H,4,14-15,17H2,1-3H3/b13-12+/t21-,23+,26-/m0/s1. The summed E-state index contributed by atoms with van der Waals surface area (Å²) in [6.45, 7) is 3.91. The van der Waals surface area contributed by atoms with Gasteiger partial charge >= 0.3 is 18.0 Å². The number of likely N-dealkylation sites (tertiary alicyclic amines) is 1. The van der Waals surface area contributed by atoms with Gasteiger partial charge in [-0.2, -0.15) is 0 Å². The highest BCUT2D eigenvalue weighted by molar-refractivity contribution is 5.97. The van der Waals surface area contributed by atoms with Crippen molar-refractivity contribution in [1.29, 1.82) is 0 Å². The third-order valence-electron chi connectivity index (χ3n) is 6.70. The molecule has 0 bridgehead atoms. The van der Waals surface area contributed by atoms with Gasteiger partial charge in [0.15, 0.2) is 0 Å². The number of amides is 2. The van der Waals surface area contributed by atoms with Gasteiger partial charge in [0.1, 0.15) is 6.61 Å². The molecule has 4 rings (SSSR count). The predicted octanol–water partition coefficient (Wildman–Crippen LogP) is 4.03. The first-order valence-electron chi connectivity index (χ1n) is 12.2. The molecule has 0 saturated carbocycles. The third-order valence-corrected chi connectivity index (χ3v) is 6.70. The van der Waals surface area contributed by atoms with Gasteiger partial charge in [-0.05, 0) is 42.7 Å². The Bertz CT molecular complexity index is 1210. The first-order valence-corrected chi connectivity index (χ1v) is 12.2. The summed E-state index contributed by atoms with van der Waals surface area (Å²) in [6, 6.07) is 13.3. The Hall–Kier alpha value is -4.14. The number of fused-ring (bicyclic) bond motifs is 3. The van der Waals surface area contributed by atoms with Crippen molar-refractivity contribution in [2.45, 2.75) is 39.0 Å². The van der Waals surface area contributed by atoms with Crippen molar-refractivity contribution >= 4 is 29.6 Å². The molecule has 3 atom stereocenters. The van der Waals surface area contributed by atoms with Gasteiger partial charge in [-0.3, -0.25) is 4.79 Å². The highest BCUT2D eigenvalue weighted by Crippen LogP contribution is 2.50. The number of nitrogens with zero attached hydrogens (tertiary/aromatic N) is 2. The molecule has 2 aromatic rings. The monoisotopic (exact) mass is 506 g/mol. The maximum atomic E-state index is 13.3. The van der Waals surface area contributed by atoms with E-state index in [1.807, 2.05) is 30.3 Å². The second kappa shape index (κ2) is 11.3. The molecule has 9 nitrogen and oxygen atoms in total. The predicted molar refractivity (Wildman–Crippen MR) is 135 cm³/mol. The van der Waals surface area contributed by atoms with E-state index in [9.17, 15) is 19.2 Å². The smallest absolute Gasteiger partial charge is 0.410 e. The van der Waals surface area contributed by atoms with E-state index >= 15 is 0 Å². The van der Waals surface area contributed by atoms with Crippen molar-refractivity contribution in [3.05, 3.63) is 77.4 Å². The molecule has 2 amide bonds. The fourth-order valence-corrected chi connectivity index (χ4v) is 5.16. The number of anilines is 1. The van der Waals surface area contributed by atoms with E-state index in [2.05, 4.69) is 0 Å². The van der Waals surface area contributed by atoms with E-state index < -0.39 is 30.1 Å². The minimum Gasteiger partial charge on any atom is -0.465 e. The fraction of sp³-hybridized carbons (Fsp3) is 0.357. The molecule has 37 heavy (non-hydrogen) atoms. The van der Waals surface area contributed by atoms with Crippen molar-refractivity contribution in [3.8, 4) is 0 Å². The lowest BCUT2D eigenvalue weighted by Gasteiger charge is -2.44. The van der Waals surface area contributed by atoms with Gasteiger partial charge in [-0.1, -0.05) is 36.4 Å².